The molecule has 1 atom stereocenters. The number of nitrogens with one attached hydrogen (secondary N) is 1. The predicted molar refractivity (Wildman–Crippen MR) is 187 cm³/mol. The smallest absolute Gasteiger partial charge is 0.385 e. The molecule has 19 heteroatoms. The predicted octanol–water partition coefficient (Wildman–Crippen LogP) is 4.48. The lowest BCUT2D eigenvalue weighted by atomic mass is 9.83. The van der Waals surface area contributed by atoms with Gasteiger partial charge in [0.25, 0.3) is 15.9 Å². The third-order valence-corrected chi connectivity index (χ3v) is 10.9. The van der Waals surface area contributed by atoms with Gasteiger partial charge in [-0.1, -0.05) is 41.4 Å². The Kier molecular flexibility index (Phi) is 11.2. The summed E-state index contributed by atoms with van der Waals surface area (Å²) in [6.07, 6.45) is -5.09. The number of alkyl halides is 3. The monoisotopic (exact) mass is 797 g/mol. The second-order valence-electron chi connectivity index (χ2n) is 12.1. The standard InChI is InChI=1S/C34H32Cl2F3N5O8S/c1-4-42(5-2)32(49)43-15-14-20-16-22(11-13-26(20)43)53(50,51)44-27-12-10-21(35)17-24(27)33(30(44)47,23-8-6-7-9-25(23)36)40-28(45)18-41(3)19-29(46)52-31(48)34(37,38)39/h6-13,16-17H,4-5,14-15,18-19H2,1-3H3,(H,40,45). The van der Waals surface area contributed by atoms with Crippen molar-refractivity contribution >= 4 is 74.4 Å². The molecule has 1 unspecified atom stereocenters. The SMILES string of the molecule is CCN(CC)C(=O)N1CCc2cc(S(=O)(=O)N3C(=O)C(NC(=O)CN(C)CC(=O)OC(=O)C(F)(F)F)(c4ccccc4Cl)c4cc(Cl)ccc43)ccc21. The Morgan fingerprint density at radius 3 is 2.25 bits per heavy atom. The van der Waals surface area contributed by atoms with Crippen LogP contribution in [0.2, 0.25) is 10.0 Å². The Labute approximate surface area is 312 Å². The first-order valence-corrected chi connectivity index (χ1v) is 18.2. The van der Waals surface area contributed by atoms with Gasteiger partial charge in [0.15, 0.2) is 5.54 Å². The molecule has 1 N–H and O–H groups in total. The van der Waals surface area contributed by atoms with Crippen LogP contribution in [0.25, 0.3) is 0 Å². The van der Waals surface area contributed by atoms with Crippen LogP contribution >= 0.6 is 23.2 Å². The molecular weight excluding hydrogens is 766 g/mol. The molecule has 53 heavy (non-hydrogen) atoms. The molecule has 0 spiro atoms. The lowest BCUT2D eigenvalue weighted by Crippen LogP contribution is -2.56. The summed E-state index contributed by atoms with van der Waals surface area (Å²) in [7, 11) is -3.60. The molecule has 0 aliphatic carbocycles. The number of halogens is 5. The van der Waals surface area contributed by atoms with Gasteiger partial charge in [0.2, 0.25) is 5.91 Å². The number of anilines is 2. The quantitative estimate of drug-likeness (QED) is 0.231. The summed E-state index contributed by atoms with van der Waals surface area (Å²) in [5, 5.41) is 2.57. The normalized spacial score (nSPS) is 16.7. The highest BCUT2D eigenvalue weighted by atomic mass is 35.5. The molecule has 2 aliphatic rings. The minimum Gasteiger partial charge on any atom is -0.385 e. The number of sulfonamides is 1. The summed E-state index contributed by atoms with van der Waals surface area (Å²) < 4.78 is 71.1. The third-order valence-electron chi connectivity index (χ3n) is 8.69. The molecule has 2 heterocycles. The number of fused-ring (bicyclic) bond motifs is 2. The number of benzene rings is 3. The molecule has 0 aromatic heterocycles. The van der Waals surface area contributed by atoms with Crippen LogP contribution in [0.4, 0.5) is 29.3 Å². The number of carbonyl (C=O) groups excluding carboxylic acids is 5. The van der Waals surface area contributed by atoms with E-state index < -0.39 is 58.6 Å². The zero-order valence-corrected chi connectivity index (χ0v) is 30.7. The first-order chi connectivity index (χ1) is 24.9. The maximum Gasteiger partial charge on any atom is 0.491 e. The highest BCUT2D eigenvalue weighted by Crippen LogP contribution is 2.49. The van der Waals surface area contributed by atoms with E-state index in [4.69, 9.17) is 23.2 Å². The summed E-state index contributed by atoms with van der Waals surface area (Å²) in [4.78, 5) is 68.5. The molecular formula is C34H32Cl2F3N5O8S. The fourth-order valence-electron chi connectivity index (χ4n) is 6.29. The number of hydrogen-bond acceptors (Lipinski definition) is 9. The topological polar surface area (TPSA) is 154 Å². The van der Waals surface area contributed by atoms with Crippen LogP contribution in [0.15, 0.2) is 65.6 Å². The van der Waals surface area contributed by atoms with Gasteiger partial charge < -0.3 is 15.0 Å². The van der Waals surface area contributed by atoms with Crippen molar-refractivity contribution < 1.29 is 50.3 Å². The van der Waals surface area contributed by atoms with E-state index in [1.807, 2.05) is 13.8 Å². The van der Waals surface area contributed by atoms with Crippen LogP contribution in [-0.2, 0) is 45.9 Å². The van der Waals surface area contributed by atoms with Crippen LogP contribution in [0.1, 0.15) is 30.5 Å². The third kappa shape index (κ3) is 7.43. The van der Waals surface area contributed by atoms with Gasteiger partial charge in [0.05, 0.1) is 23.7 Å². The maximum atomic E-state index is 14.8. The van der Waals surface area contributed by atoms with E-state index in [-0.39, 0.29) is 37.8 Å². The number of ether oxygens (including phenoxy) is 1. The van der Waals surface area contributed by atoms with Gasteiger partial charge in [0, 0.05) is 46.5 Å². The van der Waals surface area contributed by atoms with Crippen LogP contribution < -0.4 is 14.5 Å². The van der Waals surface area contributed by atoms with Crippen LogP contribution in [0, 0.1) is 0 Å². The molecule has 4 amide bonds. The zero-order valence-electron chi connectivity index (χ0n) is 28.4. The molecule has 13 nitrogen and oxygen atoms in total. The number of likely N-dealkylation sites (N-methyl/N-ethyl adjacent to an activating group) is 1. The molecule has 2 aliphatic heterocycles. The van der Waals surface area contributed by atoms with Crippen molar-refractivity contribution in [2.24, 2.45) is 0 Å². The highest BCUT2D eigenvalue weighted by Gasteiger charge is 2.58. The average Bonchev–Trinajstić information content (AvgIpc) is 3.61. The van der Waals surface area contributed by atoms with E-state index in [1.165, 1.54) is 60.7 Å². The highest BCUT2D eigenvalue weighted by molar-refractivity contribution is 7.93. The Balaban J connectivity index is 1.53. The molecule has 0 fully saturated rings. The van der Waals surface area contributed by atoms with E-state index in [0.29, 0.717) is 41.6 Å². The molecule has 0 bridgehead atoms. The lowest BCUT2D eigenvalue weighted by molar-refractivity contribution is -0.202. The van der Waals surface area contributed by atoms with Gasteiger partial charge in [-0.25, -0.2) is 18.0 Å². The summed E-state index contributed by atoms with van der Waals surface area (Å²) in [5.74, 6) is -6.52. The number of rotatable bonds is 10. The van der Waals surface area contributed by atoms with Crippen molar-refractivity contribution in [1.82, 2.24) is 15.1 Å². The largest absolute Gasteiger partial charge is 0.491 e. The molecule has 282 valence electrons. The summed E-state index contributed by atoms with van der Waals surface area (Å²) in [6, 6.07) is 13.7. The van der Waals surface area contributed by atoms with Gasteiger partial charge in [-0.15, -0.1) is 0 Å². The number of esters is 2. The fraction of sp³-hybridized carbons (Fsp3) is 0.324. The second kappa shape index (κ2) is 15.0. The molecule has 5 rings (SSSR count). The van der Waals surface area contributed by atoms with Crippen molar-refractivity contribution in [1.29, 1.82) is 0 Å². The Hall–Kier alpha value is -4.71. The number of nitrogens with zero attached hydrogens (tertiary/aromatic N) is 4. The first-order valence-electron chi connectivity index (χ1n) is 16.0. The van der Waals surface area contributed by atoms with E-state index in [0.717, 1.165) is 11.9 Å². The molecule has 0 saturated heterocycles. The molecule has 3 aromatic rings. The van der Waals surface area contributed by atoms with Crippen molar-refractivity contribution in [2.75, 3.05) is 49.0 Å². The summed E-state index contributed by atoms with van der Waals surface area (Å²) >= 11 is 13.0. The van der Waals surface area contributed by atoms with Crippen molar-refractivity contribution in [2.45, 2.75) is 36.9 Å². The molecule has 3 aromatic carbocycles. The fourth-order valence-corrected chi connectivity index (χ4v) is 8.25. The summed E-state index contributed by atoms with van der Waals surface area (Å²) in [6.45, 7) is 3.26. The summed E-state index contributed by atoms with van der Waals surface area (Å²) in [5.41, 5.74) is -1.54. The number of amides is 4. The van der Waals surface area contributed by atoms with E-state index in [9.17, 15) is 45.6 Å². The van der Waals surface area contributed by atoms with Gasteiger partial charge in [0.1, 0.15) is 0 Å². The van der Waals surface area contributed by atoms with E-state index in [1.54, 1.807) is 9.80 Å². The minimum absolute atomic E-state index is 0.0430. The molecule has 0 saturated carbocycles. The average molecular weight is 799 g/mol. The van der Waals surface area contributed by atoms with E-state index in [2.05, 4.69) is 10.1 Å². The zero-order chi connectivity index (χ0) is 39.0. The first kappa shape index (κ1) is 39.5. The Bertz CT molecular complexity index is 2120. The van der Waals surface area contributed by atoms with Crippen molar-refractivity contribution in [3.05, 3.63) is 87.4 Å². The molecule has 0 radical (unpaired) electrons. The van der Waals surface area contributed by atoms with Gasteiger partial charge in [-0.3, -0.25) is 24.2 Å². The van der Waals surface area contributed by atoms with Crippen molar-refractivity contribution in [3.63, 3.8) is 0 Å². The van der Waals surface area contributed by atoms with E-state index >= 15 is 0 Å². The minimum atomic E-state index is -5.43. The van der Waals surface area contributed by atoms with Crippen molar-refractivity contribution in [3.8, 4) is 0 Å². The van der Waals surface area contributed by atoms with Gasteiger partial charge >= 0.3 is 24.1 Å². The van der Waals surface area contributed by atoms with Crippen LogP contribution in [-0.4, -0.2) is 93.9 Å². The van der Waals surface area contributed by atoms with Gasteiger partial charge in [-0.05, 0) is 75.3 Å². The second-order valence-corrected chi connectivity index (χ2v) is 14.7. The number of hydrogen-bond donors (Lipinski definition) is 1. The van der Waals surface area contributed by atoms with Crippen LogP contribution in [0.5, 0.6) is 0 Å². The Morgan fingerprint density at radius 2 is 1.60 bits per heavy atom. The number of urea groups is 1. The Morgan fingerprint density at radius 1 is 0.943 bits per heavy atom. The van der Waals surface area contributed by atoms with Crippen LogP contribution in [0.3, 0.4) is 0 Å². The lowest BCUT2D eigenvalue weighted by Gasteiger charge is -2.32. The van der Waals surface area contributed by atoms with Gasteiger partial charge in [-0.2, -0.15) is 17.5 Å². The number of carbonyl (C=O) groups is 5. The maximum absolute atomic E-state index is 14.8.